The molecule has 2 aromatic rings. The monoisotopic (exact) mass is 222 g/mol. The van der Waals surface area contributed by atoms with Gasteiger partial charge in [-0.25, -0.2) is 0 Å². The quantitative estimate of drug-likeness (QED) is 0.622. The van der Waals surface area contributed by atoms with Crippen LogP contribution < -0.4 is 15.7 Å². The molecule has 84 valence electrons. The number of ether oxygens (including phenoxy) is 1. The smallest absolute Gasteiger partial charge is 0.216 e. The Morgan fingerprint density at radius 2 is 1.29 bits per heavy atom. The lowest BCUT2D eigenvalue weighted by atomic mass is 9.41. The number of hydrogen-bond acceptors (Lipinski definition) is 1. The first-order valence-electron chi connectivity index (χ1n) is 6.04. The molecule has 0 N–H and O–H groups in total. The molecule has 2 aromatic carbocycles. The van der Waals surface area contributed by atoms with E-state index in [2.05, 4.69) is 57.1 Å². The van der Waals surface area contributed by atoms with Gasteiger partial charge in [0.2, 0.25) is 6.71 Å². The Hall–Kier alpha value is -1.70. The third-order valence-corrected chi connectivity index (χ3v) is 3.48. The second-order valence-corrected chi connectivity index (χ2v) is 4.91. The van der Waals surface area contributed by atoms with Crippen LogP contribution in [0.1, 0.15) is 11.1 Å². The third-order valence-electron chi connectivity index (χ3n) is 3.48. The van der Waals surface area contributed by atoms with Crippen molar-refractivity contribution in [2.75, 3.05) is 0 Å². The zero-order valence-electron chi connectivity index (χ0n) is 10.4. The molecule has 1 aliphatic rings. The summed E-state index contributed by atoms with van der Waals surface area (Å²) in [5.74, 6) is 2.00. The number of benzene rings is 2. The predicted molar refractivity (Wildman–Crippen MR) is 73.3 cm³/mol. The van der Waals surface area contributed by atoms with Crippen molar-refractivity contribution in [3.63, 3.8) is 0 Å². The van der Waals surface area contributed by atoms with Crippen LogP contribution in [0, 0.1) is 13.8 Å². The predicted octanol–water partition coefficient (Wildman–Crippen LogP) is 2.65. The van der Waals surface area contributed by atoms with E-state index in [1.165, 1.54) is 22.1 Å². The minimum atomic E-state index is 0.411. The molecule has 0 unspecified atom stereocenters. The van der Waals surface area contributed by atoms with E-state index in [1.807, 2.05) is 0 Å². The molecule has 0 aromatic heterocycles. The molecule has 1 nitrogen and oxygen atoms in total. The Balaban J connectivity index is 2.18. The molecule has 0 fully saturated rings. The zero-order valence-corrected chi connectivity index (χ0v) is 10.4. The molecule has 0 aliphatic carbocycles. The molecular formula is C15H15BO. The van der Waals surface area contributed by atoms with Crippen molar-refractivity contribution >= 4 is 17.6 Å². The van der Waals surface area contributed by atoms with Gasteiger partial charge in [-0.1, -0.05) is 42.2 Å². The summed E-state index contributed by atoms with van der Waals surface area (Å²) in [4.78, 5) is 0. The number of fused-ring (bicyclic) bond motifs is 2. The van der Waals surface area contributed by atoms with Crippen molar-refractivity contribution < 1.29 is 4.74 Å². The SMILES string of the molecule is CB1c2cc(C)ccc2Oc2ccc(C)cc21. The molecular weight excluding hydrogens is 207 g/mol. The van der Waals surface area contributed by atoms with Gasteiger partial charge in [0.05, 0.1) is 0 Å². The van der Waals surface area contributed by atoms with E-state index < -0.39 is 0 Å². The van der Waals surface area contributed by atoms with E-state index in [4.69, 9.17) is 4.74 Å². The van der Waals surface area contributed by atoms with E-state index in [0.717, 1.165) is 11.5 Å². The van der Waals surface area contributed by atoms with Gasteiger partial charge in [-0.05, 0) is 36.9 Å². The van der Waals surface area contributed by atoms with E-state index in [0.29, 0.717) is 6.71 Å². The van der Waals surface area contributed by atoms with Crippen molar-refractivity contribution in [3.8, 4) is 11.5 Å². The van der Waals surface area contributed by atoms with Gasteiger partial charge in [0.1, 0.15) is 11.5 Å². The van der Waals surface area contributed by atoms with Crippen molar-refractivity contribution in [1.82, 2.24) is 0 Å². The van der Waals surface area contributed by atoms with Gasteiger partial charge in [0.25, 0.3) is 0 Å². The largest absolute Gasteiger partial charge is 0.458 e. The van der Waals surface area contributed by atoms with Crippen molar-refractivity contribution in [2.24, 2.45) is 0 Å². The molecule has 17 heavy (non-hydrogen) atoms. The van der Waals surface area contributed by atoms with Gasteiger partial charge in [-0.2, -0.15) is 0 Å². The van der Waals surface area contributed by atoms with Crippen LogP contribution >= 0.6 is 0 Å². The lowest BCUT2D eigenvalue weighted by molar-refractivity contribution is 0.487. The average Bonchev–Trinajstić information content (AvgIpc) is 2.32. The van der Waals surface area contributed by atoms with E-state index in [-0.39, 0.29) is 0 Å². The summed E-state index contributed by atoms with van der Waals surface area (Å²) in [7, 11) is 0. The molecule has 3 rings (SSSR count). The number of hydrogen-bond donors (Lipinski definition) is 0. The summed E-state index contributed by atoms with van der Waals surface area (Å²) < 4.78 is 5.96. The summed E-state index contributed by atoms with van der Waals surface area (Å²) >= 11 is 0. The van der Waals surface area contributed by atoms with E-state index >= 15 is 0 Å². The highest BCUT2D eigenvalue weighted by Gasteiger charge is 2.26. The van der Waals surface area contributed by atoms with Crippen LogP contribution in [0.5, 0.6) is 11.5 Å². The topological polar surface area (TPSA) is 9.23 Å². The fourth-order valence-electron chi connectivity index (χ4n) is 2.48. The molecule has 0 spiro atoms. The van der Waals surface area contributed by atoms with E-state index in [9.17, 15) is 0 Å². The second kappa shape index (κ2) is 3.66. The van der Waals surface area contributed by atoms with Gasteiger partial charge in [0, 0.05) is 0 Å². The van der Waals surface area contributed by atoms with Gasteiger partial charge < -0.3 is 4.74 Å². The summed E-state index contributed by atoms with van der Waals surface area (Å²) in [5, 5.41) is 0. The Kier molecular flexibility index (Phi) is 2.25. The standard InChI is InChI=1S/C15H15BO/c1-10-4-6-14-12(8-10)16(3)13-9-11(2)5-7-15(13)17-14/h4-9H,1-3H3. The van der Waals surface area contributed by atoms with Crippen LogP contribution in [0.3, 0.4) is 0 Å². The van der Waals surface area contributed by atoms with Crippen molar-refractivity contribution in [2.45, 2.75) is 20.7 Å². The first kappa shape index (κ1) is 10.5. The molecule has 1 aliphatic heterocycles. The Labute approximate surface area is 103 Å². The zero-order chi connectivity index (χ0) is 12.0. The second-order valence-electron chi connectivity index (χ2n) is 4.91. The highest BCUT2D eigenvalue weighted by atomic mass is 16.5. The van der Waals surface area contributed by atoms with Crippen LogP contribution in [0.4, 0.5) is 0 Å². The van der Waals surface area contributed by atoms with Crippen molar-refractivity contribution in [3.05, 3.63) is 47.5 Å². The third kappa shape index (κ3) is 1.64. The highest BCUT2D eigenvalue weighted by molar-refractivity contribution is 6.85. The lowest BCUT2D eigenvalue weighted by Crippen LogP contribution is -2.44. The summed E-state index contributed by atoms with van der Waals surface area (Å²) in [6.45, 7) is 6.91. The van der Waals surface area contributed by atoms with Crippen LogP contribution in [0.15, 0.2) is 36.4 Å². The van der Waals surface area contributed by atoms with Gasteiger partial charge >= 0.3 is 0 Å². The van der Waals surface area contributed by atoms with Crippen LogP contribution in [0.25, 0.3) is 0 Å². The number of rotatable bonds is 0. The van der Waals surface area contributed by atoms with Crippen LogP contribution in [-0.4, -0.2) is 6.71 Å². The maximum Gasteiger partial charge on any atom is 0.216 e. The maximum absolute atomic E-state index is 5.96. The maximum atomic E-state index is 5.96. The van der Waals surface area contributed by atoms with Gasteiger partial charge in [0.15, 0.2) is 0 Å². The average molecular weight is 222 g/mol. The minimum absolute atomic E-state index is 0.411. The normalized spacial score (nSPS) is 12.8. The van der Waals surface area contributed by atoms with Gasteiger partial charge in [-0.3, -0.25) is 0 Å². The number of aryl methyl sites for hydroxylation is 2. The van der Waals surface area contributed by atoms with Crippen molar-refractivity contribution in [1.29, 1.82) is 0 Å². The molecule has 0 radical (unpaired) electrons. The Morgan fingerprint density at radius 3 is 1.76 bits per heavy atom. The summed E-state index contributed by atoms with van der Waals surface area (Å²) in [6.07, 6.45) is 0. The highest BCUT2D eigenvalue weighted by Crippen LogP contribution is 2.25. The first-order valence-corrected chi connectivity index (χ1v) is 6.04. The molecule has 0 saturated heterocycles. The summed E-state index contributed by atoms with van der Waals surface area (Å²) in [6, 6.07) is 12.8. The van der Waals surface area contributed by atoms with E-state index in [1.54, 1.807) is 0 Å². The van der Waals surface area contributed by atoms with Crippen LogP contribution in [-0.2, 0) is 0 Å². The van der Waals surface area contributed by atoms with Crippen LogP contribution in [0.2, 0.25) is 6.82 Å². The molecule has 0 atom stereocenters. The molecule has 0 bridgehead atoms. The summed E-state index contributed by atoms with van der Waals surface area (Å²) in [5.41, 5.74) is 5.16. The molecule has 1 heterocycles. The molecule has 0 amide bonds. The Morgan fingerprint density at radius 1 is 0.824 bits per heavy atom. The Bertz CT molecular complexity index is 538. The minimum Gasteiger partial charge on any atom is -0.458 e. The molecule has 2 heteroatoms. The first-order chi connectivity index (χ1) is 8.15. The molecule has 0 saturated carbocycles. The lowest BCUT2D eigenvalue weighted by Gasteiger charge is -2.24. The van der Waals surface area contributed by atoms with Gasteiger partial charge in [-0.15, -0.1) is 0 Å². The fraction of sp³-hybridized carbons (Fsp3) is 0.200. The fourth-order valence-corrected chi connectivity index (χ4v) is 2.48.